The lowest BCUT2D eigenvalue weighted by Gasteiger charge is -2.32. The first-order chi connectivity index (χ1) is 15.1. The summed E-state index contributed by atoms with van der Waals surface area (Å²) in [5.41, 5.74) is 2.99. The van der Waals surface area contributed by atoms with Crippen molar-refractivity contribution in [2.75, 3.05) is 13.1 Å². The van der Waals surface area contributed by atoms with Crippen LogP contribution >= 0.6 is 0 Å². The fourth-order valence-electron chi connectivity index (χ4n) is 4.53. The van der Waals surface area contributed by atoms with Crippen LogP contribution in [0.15, 0.2) is 32.0 Å². The molecule has 7 heteroatoms. The van der Waals surface area contributed by atoms with Crippen molar-refractivity contribution in [3.05, 3.63) is 45.5 Å². The molecule has 1 fully saturated rings. The molecule has 0 saturated carbocycles. The minimum Gasteiger partial charge on any atom is -0.550 e. The first kappa shape index (κ1) is 22.1. The molecule has 2 aromatic heterocycles. The van der Waals surface area contributed by atoms with E-state index in [2.05, 4.69) is 20.8 Å². The Hall–Kier alpha value is -3.09. The summed E-state index contributed by atoms with van der Waals surface area (Å²) in [6.45, 7) is 9.03. The Labute approximate surface area is 186 Å². The van der Waals surface area contributed by atoms with Gasteiger partial charge in [-0.3, -0.25) is 4.79 Å². The molecule has 1 amide bonds. The van der Waals surface area contributed by atoms with E-state index in [0.717, 1.165) is 21.9 Å². The predicted octanol–water partition coefficient (Wildman–Crippen LogP) is 3.07. The van der Waals surface area contributed by atoms with Crippen LogP contribution in [0.1, 0.15) is 56.7 Å². The highest BCUT2D eigenvalue weighted by molar-refractivity contribution is 5.96. The van der Waals surface area contributed by atoms with Crippen LogP contribution in [0.3, 0.4) is 0 Å². The van der Waals surface area contributed by atoms with E-state index in [9.17, 15) is 19.5 Å². The average molecular weight is 439 g/mol. The Balaban J connectivity index is 1.59. The molecule has 4 rings (SSSR count). The van der Waals surface area contributed by atoms with Gasteiger partial charge in [-0.05, 0) is 43.2 Å². The van der Waals surface area contributed by atoms with Crippen molar-refractivity contribution in [1.82, 2.24) is 4.90 Å². The van der Waals surface area contributed by atoms with E-state index in [1.165, 1.54) is 0 Å². The molecule has 0 unspecified atom stereocenters. The van der Waals surface area contributed by atoms with Crippen molar-refractivity contribution in [3.8, 4) is 0 Å². The molecule has 0 N–H and O–H groups in total. The van der Waals surface area contributed by atoms with Gasteiger partial charge in [0.05, 0.1) is 6.26 Å². The Morgan fingerprint density at radius 2 is 1.81 bits per heavy atom. The van der Waals surface area contributed by atoms with Crippen molar-refractivity contribution in [2.45, 2.75) is 58.8 Å². The number of carbonyl (C=O) groups excluding carboxylic acids is 2. The maximum atomic E-state index is 12.7. The minimum atomic E-state index is -1.05. The van der Waals surface area contributed by atoms with Crippen molar-refractivity contribution >= 4 is 33.8 Å². The van der Waals surface area contributed by atoms with Gasteiger partial charge >= 0.3 is 5.63 Å². The molecule has 0 spiro atoms. The fourth-order valence-corrected chi connectivity index (χ4v) is 4.53. The first-order valence-corrected chi connectivity index (χ1v) is 11.0. The quantitative estimate of drug-likeness (QED) is 0.580. The summed E-state index contributed by atoms with van der Waals surface area (Å²) >= 11 is 0. The van der Waals surface area contributed by atoms with Crippen molar-refractivity contribution in [3.63, 3.8) is 0 Å². The molecule has 32 heavy (non-hydrogen) atoms. The van der Waals surface area contributed by atoms with Gasteiger partial charge in [0.2, 0.25) is 5.91 Å². The fraction of sp³-hybridized carbons (Fsp3) is 0.480. The van der Waals surface area contributed by atoms with E-state index in [-0.39, 0.29) is 24.2 Å². The molecule has 0 bridgehead atoms. The number of nitrogens with zero attached hydrogens (tertiary/aromatic N) is 1. The topological polar surface area (TPSA) is 104 Å². The third kappa shape index (κ3) is 4.04. The zero-order valence-electron chi connectivity index (χ0n) is 18.9. The van der Waals surface area contributed by atoms with Crippen LogP contribution in [0.4, 0.5) is 0 Å². The second kappa shape index (κ2) is 8.11. The highest BCUT2D eigenvalue weighted by Crippen LogP contribution is 2.35. The number of furan rings is 1. The van der Waals surface area contributed by atoms with Gasteiger partial charge in [-0.1, -0.05) is 20.8 Å². The molecule has 1 saturated heterocycles. The highest BCUT2D eigenvalue weighted by atomic mass is 16.4. The summed E-state index contributed by atoms with van der Waals surface area (Å²) < 4.78 is 11.3. The Kier molecular flexibility index (Phi) is 5.61. The summed E-state index contributed by atoms with van der Waals surface area (Å²) in [6.07, 6.45) is 3.01. The monoisotopic (exact) mass is 438 g/mol. The van der Waals surface area contributed by atoms with Crippen LogP contribution in [0, 0.1) is 12.8 Å². The SMILES string of the molecule is Cc1c(CCC(=O)N2CCC(C(=O)[O-])CC2)c(=O)oc2cc3occ(C(C)(C)C)c3cc12. The summed E-state index contributed by atoms with van der Waals surface area (Å²) in [5, 5.41) is 12.8. The van der Waals surface area contributed by atoms with Crippen LogP contribution in [0.2, 0.25) is 0 Å². The number of likely N-dealkylation sites (tertiary alicyclic amines) is 1. The number of aliphatic carboxylic acids is 1. The number of carbonyl (C=O) groups is 2. The Bertz CT molecular complexity index is 1250. The van der Waals surface area contributed by atoms with Gasteiger partial charge in [0, 0.05) is 59.4 Å². The molecular formula is C25H28NO6-. The lowest BCUT2D eigenvalue weighted by atomic mass is 9.86. The maximum absolute atomic E-state index is 12.7. The molecule has 0 aliphatic carbocycles. The van der Waals surface area contributed by atoms with E-state index < -0.39 is 17.5 Å². The number of amides is 1. The third-order valence-corrected chi connectivity index (χ3v) is 6.56. The third-order valence-electron chi connectivity index (χ3n) is 6.56. The average Bonchev–Trinajstić information content (AvgIpc) is 3.15. The Morgan fingerprint density at radius 1 is 1.12 bits per heavy atom. The number of fused-ring (bicyclic) bond motifs is 2. The van der Waals surface area contributed by atoms with Crippen LogP contribution in [0.25, 0.3) is 21.9 Å². The molecular weight excluding hydrogens is 410 g/mol. The summed E-state index contributed by atoms with van der Waals surface area (Å²) in [6, 6.07) is 3.76. The molecule has 170 valence electrons. The number of piperidine rings is 1. The van der Waals surface area contributed by atoms with Gasteiger partial charge in [0.15, 0.2) is 0 Å². The molecule has 7 nitrogen and oxygen atoms in total. The molecule has 1 aromatic carbocycles. The second-order valence-electron chi connectivity index (χ2n) is 9.71. The van der Waals surface area contributed by atoms with Gasteiger partial charge in [-0.2, -0.15) is 0 Å². The summed E-state index contributed by atoms with van der Waals surface area (Å²) in [4.78, 5) is 38.0. The van der Waals surface area contributed by atoms with Crippen molar-refractivity contribution in [2.24, 2.45) is 5.92 Å². The van der Waals surface area contributed by atoms with Crippen LogP contribution in [-0.4, -0.2) is 29.9 Å². The highest BCUT2D eigenvalue weighted by Gasteiger charge is 2.25. The normalized spacial score (nSPS) is 15.6. The minimum absolute atomic E-state index is 0.0824. The number of benzene rings is 1. The largest absolute Gasteiger partial charge is 0.550 e. The van der Waals surface area contributed by atoms with E-state index in [0.29, 0.717) is 42.7 Å². The molecule has 1 aliphatic rings. The van der Waals surface area contributed by atoms with Gasteiger partial charge in [-0.15, -0.1) is 0 Å². The summed E-state index contributed by atoms with van der Waals surface area (Å²) in [7, 11) is 0. The first-order valence-electron chi connectivity index (χ1n) is 11.0. The summed E-state index contributed by atoms with van der Waals surface area (Å²) in [5.74, 6) is -1.63. The van der Waals surface area contributed by atoms with Gasteiger partial charge < -0.3 is 23.6 Å². The van der Waals surface area contributed by atoms with E-state index >= 15 is 0 Å². The Morgan fingerprint density at radius 3 is 2.44 bits per heavy atom. The standard InChI is InChI=1S/C25H29NO6/c1-14-16(5-6-22(27)26-9-7-15(8-10-26)23(28)29)24(30)32-21-12-20-18(11-17(14)21)19(13-31-20)25(2,3)4/h11-13,15H,5-10H2,1-4H3,(H,28,29)/p-1. The lowest BCUT2D eigenvalue weighted by Crippen LogP contribution is -2.43. The molecule has 3 heterocycles. The number of carboxylic acids is 1. The molecule has 3 aromatic rings. The van der Waals surface area contributed by atoms with Crippen LogP contribution in [0.5, 0.6) is 0 Å². The van der Waals surface area contributed by atoms with Crippen molar-refractivity contribution in [1.29, 1.82) is 0 Å². The van der Waals surface area contributed by atoms with Gasteiger partial charge in [0.25, 0.3) is 0 Å². The number of carboxylic acid groups (broad SMARTS) is 1. The van der Waals surface area contributed by atoms with Crippen LogP contribution in [-0.2, 0) is 21.4 Å². The van der Waals surface area contributed by atoms with Gasteiger partial charge in [-0.25, -0.2) is 4.79 Å². The zero-order chi connectivity index (χ0) is 23.2. The van der Waals surface area contributed by atoms with Crippen LogP contribution < -0.4 is 10.7 Å². The van der Waals surface area contributed by atoms with Crippen molar-refractivity contribution < 1.29 is 23.5 Å². The molecule has 0 atom stereocenters. The van der Waals surface area contributed by atoms with E-state index in [1.54, 1.807) is 17.2 Å². The smallest absolute Gasteiger partial charge is 0.339 e. The molecule has 1 aliphatic heterocycles. The zero-order valence-corrected chi connectivity index (χ0v) is 18.9. The lowest BCUT2D eigenvalue weighted by molar-refractivity contribution is -0.312. The maximum Gasteiger partial charge on any atom is 0.339 e. The van der Waals surface area contributed by atoms with E-state index in [4.69, 9.17) is 8.83 Å². The number of hydrogen-bond acceptors (Lipinski definition) is 6. The molecule has 0 radical (unpaired) electrons. The second-order valence-corrected chi connectivity index (χ2v) is 9.71. The number of rotatable bonds is 4. The van der Waals surface area contributed by atoms with E-state index in [1.807, 2.05) is 13.0 Å². The predicted molar refractivity (Wildman–Crippen MR) is 118 cm³/mol. The number of hydrogen-bond donors (Lipinski definition) is 0. The number of aryl methyl sites for hydroxylation is 1. The van der Waals surface area contributed by atoms with Gasteiger partial charge in [0.1, 0.15) is 11.2 Å².